The van der Waals surface area contributed by atoms with Crippen LogP contribution in [0, 0.1) is 5.82 Å². The molecule has 0 aliphatic heterocycles. The third-order valence-corrected chi connectivity index (χ3v) is 4.28. The second-order valence-corrected chi connectivity index (χ2v) is 6.44. The molecule has 33 heavy (non-hydrogen) atoms. The topological polar surface area (TPSA) is 76.7 Å². The number of amides is 1. The predicted molar refractivity (Wildman–Crippen MR) is 101 cm³/mol. The fourth-order valence-electron chi connectivity index (χ4n) is 2.70. The predicted octanol–water partition coefficient (Wildman–Crippen LogP) is 4.52. The van der Waals surface area contributed by atoms with E-state index in [0.717, 1.165) is 31.4 Å². The van der Waals surface area contributed by atoms with Crippen molar-refractivity contribution in [2.24, 2.45) is 0 Å². The molecule has 2 aromatic rings. The van der Waals surface area contributed by atoms with E-state index in [4.69, 9.17) is 4.74 Å². The van der Waals surface area contributed by atoms with E-state index in [1.807, 2.05) is 0 Å². The van der Waals surface area contributed by atoms with Crippen molar-refractivity contribution < 1.29 is 49.8 Å². The van der Waals surface area contributed by atoms with Gasteiger partial charge in [0.15, 0.2) is 0 Å². The zero-order valence-electron chi connectivity index (χ0n) is 17.0. The van der Waals surface area contributed by atoms with Crippen molar-refractivity contribution >= 4 is 17.6 Å². The van der Waals surface area contributed by atoms with Gasteiger partial charge < -0.3 is 20.1 Å². The van der Waals surface area contributed by atoms with E-state index in [1.54, 1.807) is 5.32 Å². The standard InChI is InChI=1S/C20H17F7N2O4/c1-3-33-17(31)18(20(25,26)27,29-16(30)12-6-4-5-7-13(12)21)28-14-10-11(19(22,23)24)8-9-15(14)32-2/h4-10,28H,3H2,1-2H3,(H,29,30). The quantitative estimate of drug-likeness (QED) is 0.345. The monoisotopic (exact) mass is 482 g/mol. The summed E-state index contributed by atoms with van der Waals surface area (Å²) < 4.78 is 105. The summed E-state index contributed by atoms with van der Waals surface area (Å²) in [6.45, 7) is 0.593. The number of carbonyl (C=O) groups excluding carboxylic acids is 2. The fourth-order valence-corrected chi connectivity index (χ4v) is 2.70. The number of esters is 1. The summed E-state index contributed by atoms with van der Waals surface area (Å²) in [7, 11) is 0.964. The van der Waals surface area contributed by atoms with E-state index in [2.05, 4.69) is 4.74 Å². The normalized spacial score (nSPS) is 13.6. The van der Waals surface area contributed by atoms with E-state index in [0.29, 0.717) is 6.07 Å². The van der Waals surface area contributed by atoms with Crippen LogP contribution in [0.1, 0.15) is 22.8 Å². The van der Waals surface area contributed by atoms with Gasteiger partial charge >= 0.3 is 24.0 Å². The molecule has 0 spiro atoms. The van der Waals surface area contributed by atoms with E-state index in [9.17, 15) is 40.3 Å². The Morgan fingerprint density at radius 2 is 1.64 bits per heavy atom. The molecule has 0 radical (unpaired) electrons. The molecule has 1 unspecified atom stereocenters. The number of alkyl halides is 6. The van der Waals surface area contributed by atoms with Gasteiger partial charge in [-0.2, -0.15) is 26.3 Å². The third kappa shape index (κ3) is 5.46. The van der Waals surface area contributed by atoms with Gasteiger partial charge in [-0.15, -0.1) is 0 Å². The Balaban J connectivity index is 2.68. The van der Waals surface area contributed by atoms with Gasteiger partial charge in [-0.25, -0.2) is 9.18 Å². The van der Waals surface area contributed by atoms with Crippen LogP contribution in [-0.4, -0.2) is 37.4 Å². The van der Waals surface area contributed by atoms with E-state index in [1.165, 1.54) is 18.3 Å². The average Bonchev–Trinajstić information content (AvgIpc) is 2.72. The maximum Gasteiger partial charge on any atom is 0.441 e. The number of methoxy groups -OCH3 is 1. The fraction of sp³-hybridized carbons (Fsp3) is 0.300. The van der Waals surface area contributed by atoms with Gasteiger partial charge in [-0.3, -0.25) is 4.79 Å². The third-order valence-electron chi connectivity index (χ3n) is 4.28. The maximum atomic E-state index is 14.2. The van der Waals surface area contributed by atoms with Gasteiger partial charge in [0.25, 0.3) is 5.91 Å². The highest BCUT2D eigenvalue weighted by molar-refractivity contribution is 5.99. The van der Waals surface area contributed by atoms with Crippen molar-refractivity contribution in [2.45, 2.75) is 24.9 Å². The molecule has 2 rings (SSSR count). The first-order chi connectivity index (χ1) is 15.3. The lowest BCUT2D eigenvalue weighted by molar-refractivity contribution is -0.204. The van der Waals surface area contributed by atoms with Crippen LogP contribution in [0.2, 0.25) is 0 Å². The van der Waals surface area contributed by atoms with Gasteiger partial charge in [0, 0.05) is 0 Å². The summed E-state index contributed by atoms with van der Waals surface area (Å²) in [4.78, 5) is 25.0. The highest BCUT2D eigenvalue weighted by Gasteiger charge is 2.64. The summed E-state index contributed by atoms with van der Waals surface area (Å²) in [6, 6.07) is 5.48. The molecule has 13 heteroatoms. The maximum absolute atomic E-state index is 14.2. The molecular formula is C20H17F7N2O4. The Morgan fingerprint density at radius 1 is 1.00 bits per heavy atom. The van der Waals surface area contributed by atoms with E-state index < -0.39 is 64.9 Å². The smallest absolute Gasteiger partial charge is 0.441 e. The Morgan fingerprint density at radius 3 is 2.15 bits per heavy atom. The molecule has 0 aliphatic rings. The molecular weight excluding hydrogens is 465 g/mol. The van der Waals surface area contributed by atoms with E-state index in [-0.39, 0.29) is 6.07 Å². The number of hydrogen-bond acceptors (Lipinski definition) is 5. The minimum absolute atomic E-state index is 0.258. The number of rotatable bonds is 7. The number of anilines is 1. The van der Waals surface area contributed by atoms with E-state index >= 15 is 0 Å². The summed E-state index contributed by atoms with van der Waals surface area (Å²) in [5.41, 5.74) is -7.26. The van der Waals surface area contributed by atoms with Crippen LogP contribution in [0.4, 0.5) is 36.4 Å². The van der Waals surface area contributed by atoms with Gasteiger partial charge in [-0.1, -0.05) is 12.1 Å². The molecule has 0 saturated heterocycles. The number of ether oxygens (including phenoxy) is 2. The lowest BCUT2D eigenvalue weighted by Gasteiger charge is -2.35. The van der Waals surface area contributed by atoms with Crippen molar-refractivity contribution in [1.29, 1.82) is 0 Å². The average molecular weight is 482 g/mol. The first kappa shape index (κ1) is 25.7. The molecule has 2 aromatic carbocycles. The molecule has 1 atom stereocenters. The van der Waals surface area contributed by atoms with Crippen LogP contribution in [-0.2, 0) is 15.7 Å². The molecule has 0 bridgehead atoms. The summed E-state index contributed by atoms with van der Waals surface area (Å²) >= 11 is 0. The minimum Gasteiger partial charge on any atom is -0.495 e. The van der Waals surface area contributed by atoms with Crippen LogP contribution in [0.3, 0.4) is 0 Å². The number of benzene rings is 2. The number of nitrogens with one attached hydrogen (secondary N) is 2. The Kier molecular flexibility index (Phi) is 7.45. The van der Waals surface area contributed by atoms with Crippen molar-refractivity contribution in [3.8, 4) is 5.75 Å². The van der Waals surface area contributed by atoms with Crippen LogP contribution in [0.25, 0.3) is 0 Å². The van der Waals surface area contributed by atoms with Gasteiger partial charge in [0.2, 0.25) is 0 Å². The molecule has 0 aromatic heterocycles. The molecule has 1 amide bonds. The second-order valence-electron chi connectivity index (χ2n) is 6.44. The summed E-state index contributed by atoms with van der Waals surface area (Å²) in [5, 5.41) is 2.93. The van der Waals surface area contributed by atoms with Crippen molar-refractivity contribution in [3.05, 3.63) is 59.4 Å². The Hall–Kier alpha value is -3.51. The lowest BCUT2D eigenvalue weighted by Crippen LogP contribution is -2.69. The molecule has 6 nitrogen and oxygen atoms in total. The van der Waals surface area contributed by atoms with Gasteiger partial charge in [0.1, 0.15) is 11.6 Å². The van der Waals surface area contributed by atoms with Gasteiger partial charge in [-0.05, 0) is 37.3 Å². The van der Waals surface area contributed by atoms with Crippen LogP contribution < -0.4 is 15.4 Å². The highest BCUT2D eigenvalue weighted by atomic mass is 19.4. The number of halogens is 7. The minimum atomic E-state index is -5.67. The summed E-state index contributed by atoms with van der Waals surface area (Å²) in [6.07, 6.45) is -10.6. The molecule has 2 N–H and O–H groups in total. The van der Waals surface area contributed by atoms with Gasteiger partial charge in [0.05, 0.1) is 30.5 Å². The highest BCUT2D eigenvalue weighted by Crippen LogP contribution is 2.39. The molecule has 180 valence electrons. The van der Waals surface area contributed by atoms with Crippen molar-refractivity contribution in [2.75, 3.05) is 19.0 Å². The zero-order valence-corrected chi connectivity index (χ0v) is 17.0. The zero-order chi connectivity index (χ0) is 25.0. The van der Waals surface area contributed by atoms with Crippen LogP contribution in [0.5, 0.6) is 5.75 Å². The molecule has 0 saturated carbocycles. The van der Waals surface area contributed by atoms with Crippen LogP contribution >= 0.6 is 0 Å². The first-order valence-electron chi connectivity index (χ1n) is 9.11. The van der Waals surface area contributed by atoms with Crippen molar-refractivity contribution in [3.63, 3.8) is 0 Å². The first-order valence-corrected chi connectivity index (χ1v) is 9.11. The number of carbonyl (C=O) groups is 2. The Bertz CT molecular complexity index is 1020. The second kappa shape index (κ2) is 9.55. The SMILES string of the molecule is CCOC(=O)C(NC(=O)c1ccccc1F)(Nc1cc(C(F)(F)F)ccc1OC)C(F)(F)F. The van der Waals surface area contributed by atoms with Crippen molar-refractivity contribution in [1.82, 2.24) is 5.32 Å². The van der Waals surface area contributed by atoms with Crippen LogP contribution in [0.15, 0.2) is 42.5 Å². The largest absolute Gasteiger partial charge is 0.495 e. The molecule has 0 fully saturated rings. The number of hydrogen-bond donors (Lipinski definition) is 2. The Labute approximate surface area is 182 Å². The lowest BCUT2D eigenvalue weighted by atomic mass is 10.1. The molecule has 0 heterocycles. The molecule has 0 aliphatic carbocycles. The summed E-state index contributed by atoms with van der Waals surface area (Å²) in [5.74, 6) is -5.49.